The van der Waals surface area contributed by atoms with E-state index in [9.17, 15) is 4.79 Å². The molecule has 1 heterocycles. The summed E-state index contributed by atoms with van der Waals surface area (Å²) in [5.41, 5.74) is 6.92. The van der Waals surface area contributed by atoms with Crippen molar-refractivity contribution in [3.63, 3.8) is 0 Å². The Morgan fingerprint density at radius 1 is 1.13 bits per heavy atom. The lowest BCUT2D eigenvalue weighted by Gasteiger charge is -2.19. The fourth-order valence-electron chi connectivity index (χ4n) is 2.80. The summed E-state index contributed by atoms with van der Waals surface area (Å²) in [5, 5.41) is 2.20. The first-order valence-electron chi connectivity index (χ1n) is 7.86. The second-order valence-corrected chi connectivity index (χ2v) is 6.63. The first-order valence-corrected chi connectivity index (χ1v) is 7.86. The van der Waals surface area contributed by atoms with E-state index < -0.39 is 5.54 Å². The van der Waals surface area contributed by atoms with Crippen LogP contribution in [-0.4, -0.2) is 17.6 Å². The summed E-state index contributed by atoms with van der Waals surface area (Å²) >= 11 is 0. The van der Waals surface area contributed by atoms with Crippen LogP contribution in [0.3, 0.4) is 0 Å². The summed E-state index contributed by atoms with van der Waals surface area (Å²) in [6.45, 7) is 7.95. The number of amides is 1. The third-order valence-corrected chi connectivity index (χ3v) is 3.99. The van der Waals surface area contributed by atoms with Crippen LogP contribution in [0, 0.1) is 0 Å². The molecule has 0 bridgehead atoms. The number of carbonyl (C=O) groups excluding carboxylic acids is 1. The largest absolute Gasteiger partial charge is 0.490 e. The van der Waals surface area contributed by atoms with Crippen molar-refractivity contribution in [2.75, 3.05) is 0 Å². The van der Waals surface area contributed by atoms with Crippen molar-refractivity contribution < 1.29 is 9.53 Å². The number of fused-ring (bicyclic) bond motifs is 1. The van der Waals surface area contributed by atoms with E-state index in [0.717, 1.165) is 22.1 Å². The molecule has 0 atom stereocenters. The minimum absolute atomic E-state index is 0.0665. The van der Waals surface area contributed by atoms with Gasteiger partial charge in [0.2, 0.25) is 0 Å². The van der Waals surface area contributed by atoms with Gasteiger partial charge in [-0.25, -0.2) is 5.43 Å². The molecule has 1 amide bonds. The van der Waals surface area contributed by atoms with Gasteiger partial charge < -0.3 is 4.74 Å². The number of nitrogens with one attached hydrogen (secondary N) is 2. The fourth-order valence-corrected chi connectivity index (χ4v) is 2.80. The summed E-state index contributed by atoms with van der Waals surface area (Å²) in [4.78, 5) is 12.2. The number of ether oxygens (including phenoxy) is 1. The molecule has 4 nitrogen and oxygen atoms in total. The summed E-state index contributed by atoms with van der Waals surface area (Å²) in [6, 6.07) is 12.2. The van der Waals surface area contributed by atoms with Gasteiger partial charge in [0, 0.05) is 11.1 Å². The van der Waals surface area contributed by atoms with E-state index in [1.54, 1.807) is 0 Å². The molecule has 0 radical (unpaired) electrons. The van der Waals surface area contributed by atoms with E-state index in [1.807, 2.05) is 58.0 Å². The van der Waals surface area contributed by atoms with Gasteiger partial charge in [-0.05, 0) is 50.6 Å². The van der Waals surface area contributed by atoms with E-state index in [4.69, 9.17) is 4.74 Å². The molecule has 23 heavy (non-hydrogen) atoms. The number of hydrogen-bond acceptors (Lipinski definition) is 3. The quantitative estimate of drug-likeness (QED) is 0.854. The molecule has 0 unspecified atom stereocenters. The van der Waals surface area contributed by atoms with Crippen molar-refractivity contribution in [3.05, 3.63) is 47.5 Å². The molecule has 120 valence electrons. The molecular formula is C19H22N2O2. The maximum absolute atomic E-state index is 12.2. The van der Waals surface area contributed by atoms with Crippen LogP contribution in [0.4, 0.5) is 0 Å². The van der Waals surface area contributed by atoms with Crippen molar-refractivity contribution in [3.8, 4) is 5.75 Å². The van der Waals surface area contributed by atoms with Crippen molar-refractivity contribution in [2.24, 2.45) is 0 Å². The van der Waals surface area contributed by atoms with E-state index in [-0.39, 0.29) is 12.0 Å². The molecule has 0 aromatic heterocycles. The second-order valence-electron chi connectivity index (χ2n) is 6.63. The summed E-state index contributed by atoms with van der Waals surface area (Å²) in [5.74, 6) is 0.695. The Kier molecular flexibility index (Phi) is 3.86. The van der Waals surface area contributed by atoms with E-state index in [2.05, 4.69) is 23.0 Å². The van der Waals surface area contributed by atoms with Gasteiger partial charge in [-0.3, -0.25) is 10.2 Å². The minimum atomic E-state index is -0.427. The van der Waals surface area contributed by atoms with Gasteiger partial charge in [0.05, 0.1) is 11.6 Å². The average Bonchev–Trinajstić information content (AvgIpc) is 2.75. The first kappa shape index (κ1) is 15.6. The van der Waals surface area contributed by atoms with Crippen molar-refractivity contribution in [1.82, 2.24) is 10.9 Å². The van der Waals surface area contributed by atoms with Gasteiger partial charge >= 0.3 is 0 Å². The highest BCUT2D eigenvalue weighted by atomic mass is 16.5. The predicted molar refractivity (Wildman–Crippen MR) is 93.0 cm³/mol. The normalized spacial score (nSPS) is 18.7. The molecule has 1 fully saturated rings. The molecule has 0 aliphatic carbocycles. The smallest absolute Gasteiger partial charge is 0.263 e. The first-order chi connectivity index (χ1) is 10.9. The van der Waals surface area contributed by atoms with Crippen molar-refractivity contribution in [2.45, 2.75) is 39.3 Å². The highest BCUT2D eigenvalue weighted by Gasteiger charge is 2.35. The third-order valence-electron chi connectivity index (χ3n) is 3.99. The topological polar surface area (TPSA) is 50.4 Å². The Morgan fingerprint density at radius 2 is 1.87 bits per heavy atom. The predicted octanol–water partition coefficient (Wildman–Crippen LogP) is 3.42. The van der Waals surface area contributed by atoms with Crippen LogP contribution < -0.4 is 15.6 Å². The molecule has 2 aromatic rings. The second kappa shape index (κ2) is 5.70. The fraction of sp³-hybridized carbons (Fsp3) is 0.316. The van der Waals surface area contributed by atoms with E-state index in [1.165, 1.54) is 0 Å². The zero-order valence-corrected chi connectivity index (χ0v) is 13.9. The van der Waals surface area contributed by atoms with Gasteiger partial charge in [-0.15, -0.1) is 0 Å². The number of hydrogen-bond donors (Lipinski definition) is 2. The Balaban J connectivity index is 2.23. The van der Waals surface area contributed by atoms with Gasteiger partial charge in [0.1, 0.15) is 5.75 Å². The molecule has 1 saturated heterocycles. The molecule has 4 heteroatoms. The lowest BCUT2D eigenvalue weighted by molar-refractivity contribution is -0.116. The Morgan fingerprint density at radius 3 is 2.52 bits per heavy atom. The molecule has 0 saturated carbocycles. The maximum Gasteiger partial charge on any atom is 0.263 e. The number of benzene rings is 2. The molecule has 2 aromatic carbocycles. The zero-order valence-electron chi connectivity index (χ0n) is 13.9. The van der Waals surface area contributed by atoms with Crippen LogP contribution in [0.5, 0.6) is 5.75 Å². The van der Waals surface area contributed by atoms with Gasteiger partial charge in [0.25, 0.3) is 5.91 Å². The minimum Gasteiger partial charge on any atom is -0.490 e. The van der Waals surface area contributed by atoms with Crippen LogP contribution in [-0.2, 0) is 4.79 Å². The summed E-state index contributed by atoms with van der Waals surface area (Å²) in [6.07, 6.45) is 2.01. The van der Waals surface area contributed by atoms with Crippen LogP contribution >= 0.6 is 0 Å². The standard InChI is InChI=1S/C19H22N2O2/c1-12(2)23-17-10-9-13-7-5-6-8-14(13)15(17)11-16-18(22)20-21-19(16,3)4/h5-12,21H,1-4H3,(H,20,22)/b16-11+. The highest BCUT2D eigenvalue weighted by molar-refractivity contribution is 6.05. The maximum atomic E-state index is 12.2. The monoisotopic (exact) mass is 310 g/mol. The van der Waals surface area contributed by atoms with Crippen LogP contribution in [0.2, 0.25) is 0 Å². The van der Waals surface area contributed by atoms with Gasteiger partial charge in [-0.1, -0.05) is 30.3 Å². The molecule has 1 aliphatic heterocycles. The molecule has 1 aliphatic rings. The average molecular weight is 310 g/mol. The third kappa shape index (κ3) is 2.94. The Bertz CT molecular complexity index is 791. The van der Waals surface area contributed by atoms with Gasteiger partial charge in [-0.2, -0.15) is 0 Å². The summed E-state index contributed by atoms with van der Waals surface area (Å²) in [7, 11) is 0. The highest BCUT2D eigenvalue weighted by Crippen LogP contribution is 2.33. The lowest BCUT2D eigenvalue weighted by Crippen LogP contribution is -2.38. The van der Waals surface area contributed by atoms with E-state index in [0.29, 0.717) is 5.57 Å². The number of carbonyl (C=O) groups is 1. The van der Waals surface area contributed by atoms with Crippen LogP contribution in [0.25, 0.3) is 16.8 Å². The SMILES string of the molecule is CC(C)Oc1ccc2ccccc2c1/C=C1\C(=O)NNC1(C)C. The van der Waals surface area contributed by atoms with Crippen molar-refractivity contribution >= 4 is 22.8 Å². The number of hydrazine groups is 1. The number of rotatable bonds is 3. The molecular weight excluding hydrogens is 288 g/mol. The summed E-state index contributed by atoms with van der Waals surface area (Å²) < 4.78 is 5.97. The Hall–Kier alpha value is -2.33. The lowest BCUT2D eigenvalue weighted by atomic mass is 9.92. The zero-order chi connectivity index (χ0) is 16.6. The van der Waals surface area contributed by atoms with Crippen LogP contribution in [0.1, 0.15) is 33.3 Å². The van der Waals surface area contributed by atoms with Gasteiger partial charge in [0.15, 0.2) is 0 Å². The molecule has 2 N–H and O–H groups in total. The molecule has 3 rings (SSSR count). The molecule has 0 spiro atoms. The van der Waals surface area contributed by atoms with E-state index >= 15 is 0 Å². The van der Waals surface area contributed by atoms with Crippen molar-refractivity contribution in [1.29, 1.82) is 0 Å². The Labute approximate surface area is 136 Å². The van der Waals surface area contributed by atoms with Crippen LogP contribution in [0.15, 0.2) is 42.0 Å².